The molecule has 2 rings (SSSR count). The second kappa shape index (κ2) is 6.01. The predicted molar refractivity (Wildman–Crippen MR) is 71.8 cm³/mol. The first kappa shape index (κ1) is 15.1. The van der Waals surface area contributed by atoms with E-state index >= 15 is 0 Å². The van der Waals surface area contributed by atoms with Gasteiger partial charge in [0.15, 0.2) is 0 Å². The number of hydrogen-bond donors (Lipinski definition) is 1. The fourth-order valence-electron chi connectivity index (χ4n) is 2.44. The Morgan fingerprint density at radius 3 is 2.40 bits per heavy atom. The monoisotopic (exact) mass is 288 g/mol. The van der Waals surface area contributed by atoms with Gasteiger partial charge < -0.3 is 10.0 Å². The minimum absolute atomic E-state index is 0.380. The molecule has 1 aliphatic rings. The second-order valence-electron chi connectivity index (χ2n) is 5.18. The van der Waals surface area contributed by atoms with Crippen LogP contribution in [-0.4, -0.2) is 48.8 Å². The molecule has 1 aliphatic heterocycles. The maximum atomic E-state index is 12.7. The van der Waals surface area contributed by atoms with Crippen LogP contribution in [-0.2, 0) is 6.18 Å². The molecular formula is C14H19F3N2O. The molecule has 3 nitrogen and oxygen atoms in total. The van der Waals surface area contributed by atoms with Crippen molar-refractivity contribution in [3.63, 3.8) is 0 Å². The Labute approximate surface area is 116 Å². The summed E-state index contributed by atoms with van der Waals surface area (Å²) in [6.45, 7) is 5.19. The molecule has 1 aromatic carbocycles. The van der Waals surface area contributed by atoms with Crippen LogP contribution in [0.3, 0.4) is 0 Å². The van der Waals surface area contributed by atoms with Crippen molar-refractivity contribution in [1.29, 1.82) is 0 Å². The van der Waals surface area contributed by atoms with Crippen LogP contribution in [0.1, 0.15) is 12.5 Å². The molecule has 0 aliphatic carbocycles. The Morgan fingerprint density at radius 2 is 1.85 bits per heavy atom. The summed E-state index contributed by atoms with van der Waals surface area (Å²) in [5, 5.41) is 9.33. The van der Waals surface area contributed by atoms with Gasteiger partial charge in [0, 0.05) is 38.4 Å². The summed E-state index contributed by atoms with van der Waals surface area (Å²) in [5.41, 5.74) is -0.00191. The van der Waals surface area contributed by atoms with Crippen molar-refractivity contribution in [1.82, 2.24) is 4.90 Å². The number of hydrogen-bond acceptors (Lipinski definition) is 3. The molecule has 1 aromatic rings. The first-order valence-electron chi connectivity index (χ1n) is 6.69. The molecule has 0 spiro atoms. The van der Waals surface area contributed by atoms with Gasteiger partial charge in [-0.3, -0.25) is 4.90 Å². The molecule has 6 heteroatoms. The minimum Gasteiger partial charge on any atom is -0.392 e. The van der Waals surface area contributed by atoms with Gasteiger partial charge in [-0.05, 0) is 25.1 Å². The van der Waals surface area contributed by atoms with E-state index in [2.05, 4.69) is 4.90 Å². The lowest BCUT2D eigenvalue weighted by atomic mass is 10.1. The van der Waals surface area contributed by atoms with E-state index in [0.717, 1.165) is 19.2 Å². The van der Waals surface area contributed by atoms with Crippen LogP contribution in [0, 0.1) is 0 Å². The summed E-state index contributed by atoms with van der Waals surface area (Å²) in [7, 11) is 0. The summed E-state index contributed by atoms with van der Waals surface area (Å²) in [6.07, 6.45) is -4.68. The first-order chi connectivity index (χ1) is 9.36. The molecule has 0 radical (unpaired) electrons. The Hall–Kier alpha value is -1.27. The molecule has 1 heterocycles. The zero-order valence-corrected chi connectivity index (χ0v) is 11.4. The smallest absolute Gasteiger partial charge is 0.392 e. The van der Waals surface area contributed by atoms with Gasteiger partial charge >= 0.3 is 6.18 Å². The third kappa shape index (κ3) is 3.86. The van der Waals surface area contributed by atoms with Gasteiger partial charge in [-0.2, -0.15) is 13.2 Å². The number of halogens is 3. The van der Waals surface area contributed by atoms with Crippen molar-refractivity contribution in [2.45, 2.75) is 19.2 Å². The summed E-state index contributed by atoms with van der Waals surface area (Å²) in [5.74, 6) is 0. The highest BCUT2D eigenvalue weighted by Crippen LogP contribution is 2.31. The Morgan fingerprint density at radius 1 is 1.20 bits per heavy atom. The summed E-state index contributed by atoms with van der Waals surface area (Å²) in [4.78, 5) is 4.07. The van der Waals surface area contributed by atoms with E-state index in [9.17, 15) is 18.3 Å². The minimum atomic E-state index is -4.30. The van der Waals surface area contributed by atoms with E-state index in [-0.39, 0.29) is 6.10 Å². The zero-order valence-electron chi connectivity index (χ0n) is 11.4. The molecule has 0 bridgehead atoms. The number of aliphatic hydroxyl groups excluding tert-OH is 1. The number of rotatable bonds is 3. The van der Waals surface area contributed by atoms with Crippen LogP contribution in [0.15, 0.2) is 24.3 Å². The van der Waals surface area contributed by atoms with Gasteiger partial charge in [-0.1, -0.05) is 6.07 Å². The molecule has 1 saturated heterocycles. The maximum absolute atomic E-state index is 12.7. The lowest BCUT2D eigenvalue weighted by molar-refractivity contribution is -0.137. The predicted octanol–water partition coefficient (Wildman–Crippen LogP) is 2.21. The largest absolute Gasteiger partial charge is 0.416 e. The van der Waals surface area contributed by atoms with E-state index in [1.165, 1.54) is 12.1 Å². The fourth-order valence-corrected chi connectivity index (χ4v) is 2.44. The van der Waals surface area contributed by atoms with Gasteiger partial charge in [-0.15, -0.1) is 0 Å². The van der Waals surface area contributed by atoms with Crippen LogP contribution >= 0.6 is 0 Å². The average molecular weight is 288 g/mol. The van der Waals surface area contributed by atoms with E-state index in [4.69, 9.17) is 0 Å². The lowest BCUT2D eigenvalue weighted by Crippen LogP contribution is -2.48. The van der Waals surface area contributed by atoms with Crippen molar-refractivity contribution in [3.05, 3.63) is 29.8 Å². The number of alkyl halides is 3. The molecule has 1 atom stereocenters. The molecule has 1 unspecified atom stereocenters. The SMILES string of the molecule is CC(O)CN1CCN(c2cccc(C(F)(F)F)c2)CC1. The number of benzene rings is 1. The Kier molecular flexibility index (Phi) is 4.55. The van der Waals surface area contributed by atoms with Crippen molar-refractivity contribution in [3.8, 4) is 0 Å². The van der Waals surface area contributed by atoms with Crippen molar-refractivity contribution in [2.24, 2.45) is 0 Å². The van der Waals surface area contributed by atoms with Crippen LogP contribution in [0.4, 0.5) is 18.9 Å². The van der Waals surface area contributed by atoms with Crippen molar-refractivity contribution >= 4 is 5.69 Å². The maximum Gasteiger partial charge on any atom is 0.416 e. The number of anilines is 1. The second-order valence-corrected chi connectivity index (χ2v) is 5.18. The number of piperazine rings is 1. The summed E-state index contributed by atoms with van der Waals surface area (Å²) in [6, 6.07) is 5.44. The van der Waals surface area contributed by atoms with E-state index < -0.39 is 11.7 Å². The van der Waals surface area contributed by atoms with Gasteiger partial charge in [0.25, 0.3) is 0 Å². The van der Waals surface area contributed by atoms with Crippen molar-refractivity contribution in [2.75, 3.05) is 37.6 Å². The molecule has 112 valence electrons. The first-order valence-corrected chi connectivity index (χ1v) is 6.69. The Balaban J connectivity index is 2.00. The normalized spacial score (nSPS) is 19.1. The molecule has 1 N–H and O–H groups in total. The van der Waals surface area contributed by atoms with Crippen molar-refractivity contribution < 1.29 is 18.3 Å². The van der Waals surface area contributed by atoms with E-state index in [1.54, 1.807) is 13.0 Å². The standard InChI is InChI=1S/C14H19F3N2O/c1-11(20)10-18-5-7-19(8-6-18)13-4-2-3-12(9-13)14(15,16)17/h2-4,9,11,20H,5-8,10H2,1H3. The van der Waals surface area contributed by atoms with Gasteiger partial charge in [-0.25, -0.2) is 0 Å². The fraction of sp³-hybridized carbons (Fsp3) is 0.571. The highest BCUT2D eigenvalue weighted by atomic mass is 19.4. The molecule has 0 saturated carbocycles. The van der Waals surface area contributed by atoms with E-state index in [0.29, 0.717) is 25.3 Å². The highest BCUT2D eigenvalue weighted by Gasteiger charge is 2.31. The summed E-state index contributed by atoms with van der Waals surface area (Å²) < 4.78 is 38.1. The lowest BCUT2D eigenvalue weighted by Gasteiger charge is -2.36. The van der Waals surface area contributed by atoms with E-state index in [1.807, 2.05) is 4.90 Å². The zero-order chi connectivity index (χ0) is 14.8. The highest BCUT2D eigenvalue weighted by molar-refractivity contribution is 5.49. The third-order valence-electron chi connectivity index (χ3n) is 3.43. The van der Waals surface area contributed by atoms with Crippen LogP contribution < -0.4 is 4.90 Å². The third-order valence-corrected chi connectivity index (χ3v) is 3.43. The van der Waals surface area contributed by atoms with Crippen LogP contribution in [0.5, 0.6) is 0 Å². The van der Waals surface area contributed by atoms with Crippen LogP contribution in [0.2, 0.25) is 0 Å². The van der Waals surface area contributed by atoms with Gasteiger partial charge in [0.1, 0.15) is 0 Å². The Bertz CT molecular complexity index is 440. The molecular weight excluding hydrogens is 269 g/mol. The topological polar surface area (TPSA) is 26.7 Å². The average Bonchev–Trinajstić information content (AvgIpc) is 2.38. The van der Waals surface area contributed by atoms with Crippen LogP contribution in [0.25, 0.3) is 0 Å². The molecule has 20 heavy (non-hydrogen) atoms. The summed E-state index contributed by atoms with van der Waals surface area (Å²) >= 11 is 0. The van der Waals surface area contributed by atoms with Gasteiger partial charge in [0.05, 0.1) is 11.7 Å². The molecule has 0 amide bonds. The number of nitrogens with zero attached hydrogens (tertiary/aromatic N) is 2. The quantitative estimate of drug-likeness (QED) is 0.924. The number of aliphatic hydroxyl groups is 1. The molecule has 0 aromatic heterocycles. The number of β-amino-alcohol motifs (C(OH)–C–C–N with tert-alkyl or cyclic N) is 1. The van der Waals surface area contributed by atoms with Gasteiger partial charge in [0.2, 0.25) is 0 Å². The molecule has 1 fully saturated rings.